The van der Waals surface area contributed by atoms with Crippen molar-refractivity contribution in [3.63, 3.8) is 0 Å². The number of fused-ring (bicyclic) bond motifs is 1. The van der Waals surface area contributed by atoms with Crippen molar-refractivity contribution in [1.29, 1.82) is 0 Å². The Kier molecular flexibility index (Phi) is 5.81. The maximum absolute atomic E-state index is 5.21. The zero-order valence-electron chi connectivity index (χ0n) is 19.2. The van der Waals surface area contributed by atoms with Crippen LogP contribution in [0.15, 0.2) is 42.7 Å². The number of hydrogen-bond donors (Lipinski definition) is 0. The molecule has 0 aliphatic carbocycles. The van der Waals surface area contributed by atoms with Crippen molar-refractivity contribution in [2.45, 2.75) is 57.5 Å². The SMILES string of the molecule is Cc1cccnc1[C@@H]1CCC[C@H](c2nc3ccccn3c2CC2CCN(C)CC2)N1C. The lowest BCUT2D eigenvalue weighted by molar-refractivity contribution is 0.108. The van der Waals surface area contributed by atoms with Gasteiger partial charge < -0.3 is 9.30 Å². The van der Waals surface area contributed by atoms with Gasteiger partial charge >= 0.3 is 0 Å². The van der Waals surface area contributed by atoms with Gasteiger partial charge in [-0.15, -0.1) is 0 Å². The molecule has 5 nitrogen and oxygen atoms in total. The Morgan fingerprint density at radius 3 is 2.48 bits per heavy atom. The molecule has 0 amide bonds. The molecule has 5 heteroatoms. The summed E-state index contributed by atoms with van der Waals surface area (Å²) in [5, 5.41) is 0. The molecule has 0 bridgehead atoms. The third kappa shape index (κ3) is 4.01. The Balaban J connectivity index is 1.49. The predicted molar refractivity (Wildman–Crippen MR) is 125 cm³/mol. The number of likely N-dealkylation sites (tertiary alicyclic amines) is 2. The largest absolute Gasteiger partial charge is 0.306 e. The zero-order valence-corrected chi connectivity index (χ0v) is 19.2. The number of aryl methyl sites for hydroxylation is 1. The van der Waals surface area contributed by atoms with Crippen LogP contribution in [0.5, 0.6) is 0 Å². The first kappa shape index (κ1) is 20.7. The second-order valence-corrected chi connectivity index (χ2v) is 9.66. The van der Waals surface area contributed by atoms with E-state index in [-0.39, 0.29) is 0 Å². The topological polar surface area (TPSA) is 36.7 Å². The molecule has 2 fully saturated rings. The Bertz CT molecular complexity index is 1030. The molecule has 0 saturated carbocycles. The fourth-order valence-electron chi connectivity index (χ4n) is 5.71. The summed E-state index contributed by atoms with van der Waals surface area (Å²) in [5.41, 5.74) is 6.34. The van der Waals surface area contributed by atoms with Gasteiger partial charge in [-0.3, -0.25) is 9.88 Å². The van der Waals surface area contributed by atoms with Gasteiger partial charge in [0.05, 0.1) is 23.5 Å². The number of piperidine rings is 2. The maximum Gasteiger partial charge on any atom is 0.137 e. The van der Waals surface area contributed by atoms with Crippen molar-refractivity contribution >= 4 is 5.65 Å². The number of nitrogens with zero attached hydrogens (tertiary/aromatic N) is 5. The molecule has 5 rings (SSSR count). The Hall–Kier alpha value is -2.24. The van der Waals surface area contributed by atoms with E-state index in [2.05, 4.69) is 65.7 Å². The van der Waals surface area contributed by atoms with Gasteiger partial charge in [-0.1, -0.05) is 12.1 Å². The summed E-state index contributed by atoms with van der Waals surface area (Å²) in [6.45, 7) is 4.61. The lowest BCUT2D eigenvalue weighted by atomic mass is 9.87. The van der Waals surface area contributed by atoms with Crippen LogP contribution >= 0.6 is 0 Å². The average molecular weight is 418 g/mol. The van der Waals surface area contributed by atoms with Crippen LogP contribution in [0.1, 0.15) is 66.8 Å². The van der Waals surface area contributed by atoms with Crippen LogP contribution in [0.3, 0.4) is 0 Å². The van der Waals surface area contributed by atoms with Crippen molar-refractivity contribution < 1.29 is 0 Å². The number of rotatable bonds is 4. The van der Waals surface area contributed by atoms with Crippen molar-refractivity contribution in [1.82, 2.24) is 24.2 Å². The molecular weight excluding hydrogens is 382 g/mol. The summed E-state index contributed by atoms with van der Waals surface area (Å²) in [6.07, 6.45) is 11.4. The minimum Gasteiger partial charge on any atom is -0.306 e. The van der Waals surface area contributed by atoms with Crippen LogP contribution < -0.4 is 0 Å². The second-order valence-electron chi connectivity index (χ2n) is 9.66. The molecule has 2 saturated heterocycles. The van der Waals surface area contributed by atoms with E-state index in [4.69, 9.17) is 9.97 Å². The highest BCUT2D eigenvalue weighted by atomic mass is 15.2. The fraction of sp³-hybridized carbons (Fsp3) is 0.538. The molecule has 0 aromatic carbocycles. The molecule has 31 heavy (non-hydrogen) atoms. The fourth-order valence-corrected chi connectivity index (χ4v) is 5.71. The first-order valence-corrected chi connectivity index (χ1v) is 11.9. The lowest BCUT2D eigenvalue weighted by Crippen LogP contribution is -2.35. The van der Waals surface area contributed by atoms with Gasteiger partial charge in [0.2, 0.25) is 0 Å². The quantitative estimate of drug-likeness (QED) is 0.610. The van der Waals surface area contributed by atoms with Crippen molar-refractivity contribution in [2.24, 2.45) is 5.92 Å². The number of hydrogen-bond acceptors (Lipinski definition) is 4. The molecule has 2 aliphatic heterocycles. The van der Waals surface area contributed by atoms with E-state index in [1.165, 1.54) is 67.8 Å². The molecular formula is C26H35N5. The molecule has 5 heterocycles. The van der Waals surface area contributed by atoms with Crippen LogP contribution in [0.25, 0.3) is 5.65 Å². The third-order valence-electron chi connectivity index (χ3n) is 7.60. The standard InChI is InChI=1S/C26H35N5/c1-19-8-7-14-27-25(19)21-9-6-10-22(30(21)3)26-23(18-20-12-16-29(2)17-13-20)31-15-5-4-11-24(31)28-26/h4-5,7-8,11,14-15,20-22H,6,9-10,12-13,16-18H2,1-3H3/t21-,22+/m0/s1. The van der Waals surface area contributed by atoms with E-state index < -0.39 is 0 Å². The summed E-state index contributed by atoms with van der Waals surface area (Å²) in [5.74, 6) is 0.748. The number of imidazole rings is 1. The Labute approximate surface area is 186 Å². The van der Waals surface area contributed by atoms with Gasteiger partial charge in [0.15, 0.2) is 0 Å². The number of aromatic nitrogens is 3. The minimum absolute atomic E-state index is 0.348. The monoisotopic (exact) mass is 417 g/mol. The normalized spacial score (nSPS) is 24.1. The van der Waals surface area contributed by atoms with Crippen LogP contribution in [0.2, 0.25) is 0 Å². The molecule has 2 aliphatic rings. The summed E-state index contributed by atoms with van der Waals surface area (Å²) < 4.78 is 2.36. The van der Waals surface area contributed by atoms with E-state index in [0.717, 1.165) is 18.0 Å². The van der Waals surface area contributed by atoms with Crippen molar-refractivity contribution in [3.8, 4) is 0 Å². The summed E-state index contributed by atoms with van der Waals surface area (Å²) in [7, 11) is 4.53. The van der Waals surface area contributed by atoms with E-state index in [9.17, 15) is 0 Å². The van der Waals surface area contributed by atoms with Gasteiger partial charge in [0, 0.05) is 18.1 Å². The molecule has 3 aromatic rings. The van der Waals surface area contributed by atoms with Gasteiger partial charge in [-0.25, -0.2) is 4.98 Å². The summed E-state index contributed by atoms with van der Waals surface area (Å²) in [6, 6.07) is 11.3. The smallest absolute Gasteiger partial charge is 0.137 e. The van der Waals surface area contributed by atoms with Crippen LogP contribution in [-0.2, 0) is 6.42 Å². The molecule has 0 radical (unpaired) electrons. The van der Waals surface area contributed by atoms with Gasteiger partial charge in [0.1, 0.15) is 5.65 Å². The molecule has 0 N–H and O–H groups in total. The first-order chi connectivity index (χ1) is 15.1. The van der Waals surface area contributed by atoms with E-state index in [0.29, 0.717) is 12.1 Å². The van der Waals surface area contributed by atoms with Crippen molar-refractivity contribution in [3.05, 3.63) is 65.4 Å². The van der Waals surface area contributed by atoms with Crippen LogP contribution in [0, 0.1) is 12.8 Å². The summed E-state index contributed by atoms with van der Waals surface area (Å²) >= 11 is 0. The van der Waals surface area contributed by atoms with Gasteiger partial charge in [-0.05, 0) is 102 Å². The molecule has 3 aromatic heterocycles. The average Bonchev–Trinajstić information content (AvgIpc) is 3.14. The maximum atomic E-state index is 5.21. The van der Waals surface area contributed by atoms with Gasteiger partial charge in [0.25, 0.3) is 0 Å². The van der Waals surface area contributed by atoms with Crippen LogP contribution in [0.4, 0.5) is 0 Å². The van der Waals surface area contributed by atoms with E-state index >= 15 is 0 Å². The third-order valence-corrected chi connectivity index (χ3v) is 7.60. The second kappa shape index (κ2) is 8.71. The zero-order chi connectivity index (χ0) is 21.4. The molecule has 164 valence electrons. The Morgan fingerprint density at radius 1 is 0.935 bits per heavy atom. The molecule has 2 atom stereocenters. The van der Waals surface area contributed by atoms with Gasteiger partial charge in [-0.2, -0.15) is 0 Å². The highest BCUT2D eigenvalue weighted by Gasteiger charge is 2.35. The lowest BCUT2D eigenvalue weighted by Gasteiger charge is -2.39. The van der Waals surface area contributed by atoms with E-state index in [1.807, 2.05) is 12.3 Å². The summed E-state index contributed by atoms with van der Waals surface area (Å²) in [4.78, 5) is 15.0. The van der Waals surface area contributed by atoms with Crippen molar-refractivity contribution in [2.75, 3.05) is 27.2 Å². The molecule has 0 unspecified atom stereocenters. The van der Waals surface area contributed by atoms with E-state index in [1.54, 1.807) is 0 Å². The van der Waals surface area contributed by atoms with Crippen LogP contribution in [-0.4, -0.2) is 51.4 Å². The number of pyridine rings is 2. The predicted octanol–water partition coefficient (Wildman–Crippen LogP) is 4.82. The highest BCUT2D eigenvalue weighted by Crippen LogP contribution is 2.42. The minimum atomic E-state index is 0.348. The molecule has 0 spiro atoms. The Morgan fingerprint density at radius 2 is 1.71 bits per heavy atom. The first-order valence-electron chi connectivity index (χ1n) is 11.9. The highest BCUT2D eigenvalue weighted by molar-refractivity contribution is 5.44.